The minimum atomic E-state index is -0.200. The number of nitrogens with zero attached hydrogens (tertiary/aromatic N) is 1. The molecule has 0 fully saturated rings. The van der Waals surface area contributed by atoms with E-state index in [1.54, 1.807) is 0 Å². The van der Waals surface area contributed by atoms with Gasteiger partial charge in [0.25, 0.3) is 0 Å². The van der Waals surface area contributed by atoms with E-state index in [1.807, 2.05) is 24.3 Å². The van der Waals surface area contributed by atoms with Crippen LogP contribution in [0.25, 0.3) is 0 Å². The van der Waals surface area contributed by atoms with E-state index >= 15 is 0 Å². The Morgan fingerprint density at radius 2 is 2.00 bits per heavy atom. The van der Waals surface area contributed by atoms with Crippen molar-refractivity contribution in [2.45, 2.75) is 12.5 Å². The van der Waals surface area contributed by atoms with Crippen LogP contribution in [0.5, 0.6) is 0 Å². The lowest BCUT2D eigenvalue weighted by molar-refractivity contribution is 0.748. The first kappa shape index (κ1) is 13.9. The average molecular weight is 340 g/mol. The molecule has 0 radical (unpaired) electrons. The Morgan fingerprint density at radius 1 is 1.36 bits per heavy atom. The first-order valence-electron chi connectivity index (χ1n) is 3.72. The highest BCUT2D eigenvalue weighted by Crippen LogP contribution is 2.26. The summed E-state index contributed by atoms with van der Waals surface area (Å²) in [5.74, 6) is 0. The zero-order chi connectivity index (χ0) is 9.84. The Balaban J connectivity index is 0.00000169. The highest BCUT2D eigenvalue weighted by molar-refractivity contribution is 9.13. The number of rotatable bonds is 2. The number of nitriles is 1. The Labute approximate surface area is 106 Å². The predicted molar refractivity (Wildman–Crippen MR) is 66.2 cm³/mol. The summed E-state index contributed by atoms with van der Waals surface area (Å²) >= 11 is 6.74. The first-order valence-corrected chi connectivity index (χ1v) is 5.31. The Morgan fingerprint density at radius 3 is 2.50 bits per heavy atom. The van der Waals surface area contributed by atoms with Crippen LogP contribution in [0, 0.1) is 11.3 Å². The summed E-state index contributed by atoms with van der Waals surface area (Å²) in [4.78, 5) is 0. The summed E-state index contributed by atoms with van der Waals surface area (Å²) < 4.78 is 1.94. The van der Waals surface area contributed by atoms with Gasteiger partial charge >= 0.3 is 0 Å². The molecule has 0 aliphatic carbocycles. The van der Waals surface area contributed by atoms with Gasteiger partial charge in [-0.05, 0) is 49.6 Å². The monoisotopic (exact) mass is 338 g/mol. The molecule has 0 unspecified atom stereocenters. The van der Waals surface area contributed by atoms with Crippen LogP contribution in [0.1, 0.15) is 18.0 Å². The van der Waals surface area contributed by atoms with E-state index in [0.717, 1.165) is 14.5 Å². The van der Waals surface area contributed by atoms with E-state index in [2.05, 4.69) is 31.9 Å². The molecule has 5 heteroatoms. The van der Waals surface area contributed by atoms with Crippen LogP contribution in [0.4, 0.5) is 0 Å². The molecule has 0 aromatic heterocycles. The Hall–Kier alpha value is -0.0800. The van der Waals surface area contributed by atoms with Crippen molar-refractivity contribution in [2.24, 2.45) is 5.73 Å². The van der Waals surface area contributed by atoms with E-state index in [1.165, 1.54) is 0 Å². The first-order chi connectivity index (χ1) is 6.15. The number of hydrogen-bond donors (Lipinski definition) is 1. The van der Waals surface area contributed by atoms with Gasteiger partial charge in [0.15, 0.2) is 0 Å². The zero-order valence-electron chi connectivity index (χ0n) is 7.21. The maximum absolute atomic E-state index is 8.47. The van der Waals surface area contributed by atoms with Crippen LogP contribution in [0.3, 0.4) is 0 Å². The van der Waals surface area contributed by atoms with Crippen molar-refractivity contribution in [3.05, 3.63) is 32.7 Å². The molecule has 0 saturated heterocycles. The van der Waals surface area contributed by atoms with Gasteiger partial charge in [0.1, 0.15) is 0 Å². The van der Waals surface area contributed by atoms with Crippen molar-refractivity contribution in [3.8, 4) is 6.07 Å². The molecule has 1 rings (SSSR count). The molecular weight excluding hydrogens is 331 g/mol. The lowest BCUT2D eigenvalue weighted by Gasteiger charge is -2.08. The van der Waals surface area contributed by atoms with Gasteiger partial charge < -0.3 is 5.73 Å². The Bertz CT molecular complexity index is 349. The summed E-state index contributed by atoms with van der Waals surface area (Å²) in [7, 11) is 0. The summed E-state index contributed by atoms with van der Waals surface area (Å²) in [5, 5.41) is 8.47. The van der Waals surface area contributed by atoms with Crippen molar-refractivity contribution in [2.75, 3.05) is 0 Å². The molecule has 2 N–H and O–H groups in total. The van der Waals surface area contributed by atoms with Crippen molar-refractivity contribution >= 4 is 44.3 Å². The van der Waals surface area contributed by atoms with Gasteiger partial charge in [-0.25, -0.2) is 0 Å². The number of hydrogen-bond acceptors (Lipinski definition) is 2. The van der Waals surface area contributed by atoms with Crippen LogP contribution >= 0.6 is 44.3 Å². The minimum absolute atomic E-state index is 0. The molecule has 2 nitrogen and oxygen atoms in total. The van der Waals surface area contributed by atoms with Gasteiger partial charge in [0, 0.05) is 15.0 Å². The molecule has 76 valence electrons. The third-order valence-corrected chi connectivity index (χ3v) is 3.56. The third kappa shape index (κ3) is 3.58. The van der Waals surface area contributed by atoms with Gasteiger partial charge in [-0.2, -0.15) is 5.26 Å². The van der Waals surface area contributed by atoms with E-state index in [4.69, 9.17) is 11.0 Å². The highest BCUT2D eigenvalue weighted by Gasteiger charge is 2.06. The normalized spacial score (nSPS) is 11.3. The number of nitrogens with two attached hydrogens (primary N) is 1. The van der Waals surface area contributed by atoms with Crippen LogP contribution in [0.15, 0.2) is 27.1 Å². The fraction of sp³-hybridized carbons (Fsp3) is 0.222. The fourth-order valence-electron chi connectivity index (χ4n) is 0.959. The summed E-state index contributed by atoms with van der Waals surface area (Å²) in [6, 6.07) is 7.60. The van der Waals surface area contributed by atoms with Crippen molar-refractivity contribution in [1.82, 2.24) is 0 Å². The van der Waals surface area contributed by atoms with Crippen LogP contribution in [-0.4, -0.2) is 0 Å². The lowest BCUT2D eigenvalue weighted by Crippen LogP contribution is -2.08. The van der Waals surface area contributed by atoms with Crippen LogP contribution in [0.2, 0.25) is 0 Å². The van der Waals surface area contributed by atoms with Crippen LogP contribution in [-0.2, 0) is 0 Å². The van der Waals surface area contributed by atoms with Gasteiger partial charge in [0.2, 0.25) is 0 Å². The summed E-state index contributed by atoms with van der Waals surface area (Å²) in [5.41, 5.74) is 6.73. The maximum atomic E-state index is 8.47. The van der Waals surface area contributed by atoms with E-state index in [0.29, 0.717) is 6.42 Å². The molecule has 14 heavy (non-hydrogen) atoms. The summed E-state index contributed by atoms with van der Waals surface area (Å²) in [6.07, 6.45) is 0.341. The predicted octanol–water partition coefficient (Wildman–Crippen LogP) is 3.55. The second-order valence-corrected chi connectivity index (χ2v) is 4.35. The van der Waals surface area contributed by atoms with Crippen molar-refractivity contribution < 1.29 is 0 Å². The summed E-state index contributed by atoms with van der Waals surface area (Å²) in [6.45, 7) is 0. The average Bonchev–Trinajstić information content (AvgIpc) is 2.10. The fourth-order valence-corrected chi connectivity index (χ4v) is 1.60. The number of halogens is 3. The van der Waals surface area contributed by atoms with Crippen LogP contribution < -0.4 is 5.73 Å². The largest absolute Gasteiger partial charge is 0.323 e. The van der Waals surface area contributed by atoms with Crippen molar-refractivity contribution in [3.63, 3.8) is 0 Å². The molecule has 1 aromatic carbocycles. The van der Waals surface area contributed by atoms with Gasteiger partial charge in [-0.15, -0.1) is 12.4 Å². The smallest absolute Gasteiger partial charge is 0.0641 e. The molecule has 0 bridgehead atoms. The van der Waals surface area contributed by atoms with Gasteiger partial charge in [-0.3, -0.25) is 0 Å². The SMILES string of the molecule is Cl.N#CC[C@@H](N)c1ccc(Br)c(Br)c1. The lowest BCUT2D eigenvalue weighted by atomic mass is 10.1. The molecule has 0 aliphatic rings. The molecule has 1 atom stereocenters. The second-order valence-electron chi connectivity index (χ2n) is 2.64. The molecule has 0 amide bonds. The molecule has 0 heterocycles. The van der Waals surface area contributed by atoms with Gasteiger partial charge in [-0.1, -0.05) is 6.07 Å². The van der Waals surface area contributed by atoms with E-state index in [-0.39, 0.29) is 18.4 Å². The molecule has 0 saturated carbocycles. The topological polar surface area (TPSA) is 49.8 Å². The molecule has 0 aliphatic heterocycles. The quantitative estimate of drug-likeness (QED) is 0.895. The third-order valence-electron chi connectivity index (χ3n) is 1.68. The Kier molecular flexibility index (Phi) is 6.38. The minimum Gasteiger partial charge on any atom is -0.323 e. The maximum Gasteiger partial charge on any atom is 0.0641 e. The van der Waals surface area contributed by atoms with E-state index < -0.39 is 0 Å². The second kappa shape index (κ2) is 6.41. The van der Waals surface area contributed by atoms with Gasteiger partial charge in [0.05, 0.1) is 12.5 Å². The molecular formula is C9H9Br2ClN2. The molecule has 1 aromatic rings. The van der Waals surface area contributed by atoms with E-state index in [9.17, 15) is 0 Å². The zero-order valence-corrected chi connectivity index (χ0v) is 11.2. The number of benzene rings is 1. The van der Waals surface area contributed by atoms with Crippen molar-refractivity contribution in [1.29, 1.82) is 5.26 Å². The standard InChI is InChI=1S/C9H8Br2N2.ClH/c10-7-2-1-6(5-8(7)11)9(13)3-4-12;/h1-2,5,9H,3,13H2;1H/t9-;/m1./s1. The molecule has 0 spiro atoms. The highest BCUT2D eigenvalue weighted by atomic mass is 79.9.